The van der Waals surface area contributed by atoms with Crippen molar-refractivity contribution >= 4 is 40.1 Å². The predicted octanol–water partition coefficient (Wildman–Crippen LogP) is 6.47. The summed E-state index contributed by atoms with van der Waals surface area (Å²) in [6.45, 7) is 2.63. The fraction of sp³-hybridized carbons (Fsp3) is 0.259. The van der Waals surface area contributed by atoms with Gasteiger partial charge in [0.05, 0.1) is 21.6 Å². The lowest BCUT2D eigenvalue weighted by Gasteiger charge is -2.32. The highest BCUT2D eigenvalue weighted by Gasteiger charge is 2.26. The van der Waals surface area contributed by atoms with Gasteiger partial charge in [0.1, 0.15) is 18.2 Å². The minimum atomic E-state index is -0.0593. The maximum absolute atomic E-state index is 13.0. The monoisotopic (exact) mass is 493 g/mol. The van der Waals surface area contributed by atoms with Gasteiger partial charge in [0.2, 0.25) is 0 Å². The van der Waals surface area contributed by atoms with Gasteiger partial charge in [-0.25, -0.2) is 4.98 Å². The first kappa shape index (κ1) is 22.8. The van der Waals surface area contributed by atoms with Crippen LogP contribution < -0.4 is 4.74 Å². The molecule has 3 aromatic carbocycles. The highest BCUT2D eigenvalue weighted by atomic mass is 35.5. The quantitative estimate of drug-likeness (QED) is 0.309. The molecular formula is C27H25Cl2N3O2. The van der Waals surface area contributed by atoms with Crippen molar-refractivity contribution in [2.45, 2.75) is 26.0 Å². The molecule has 0 atom stereocenters. The summed E-state index contributed by atoms with van der Waals surface area (Å²) in [5, 5.41) is 0.948. The molecule has 1 aliphatic rings. The Kier molecular flexibility index (Phi) is 6.75. The van der Waals surface area contributed by atoms with E-state index in [1.165, 1.54) is 0 Å². The number of hydrogen-bond donors (Lipinski definition) is 0. The van der Waals surface area contributed by atoms with Gasteiger partial charge in [0.15, 0.2) is 0 Å². The molecule has 0 radical (unpaired) electrons. The Morgan fingerprint density at radius 1 is 0.971 bits per heavy atom. The Balaban J connectivity index is 1.28. The smallest absolute Gasteiger partial charge is 0.255 e. The van der Waals surface area contributed by atoms with Gasteiger partial charge < -0.3 is 14.2 Å². The number of aromatic nitrogens is 2. The van der Waals surface area contributed by atoms with Crippen molar-refractivity contribution in [2.75, 3.05) is 13.1 Å². The van der Waals surface area contributed by atoms with Crippen LogP contribution in [0.25, 0.3) is 11.0 Å². The first-order valence-electron chi connectivity index (χ1n) is 11.4. The van der Waals surface area contributed by atoms with E-state index in [9.17, 15) is 4.79 Å². The Morgan fingerprint density at radius 2 is 1.71 bits per heavy atom. The van der Waals surface area contributed by atoms with E-state index in [1.54, 1.807) is 18.2 Å². The first-order chi connectivity index (χ1) is 16.6. The van der Waals surface area contributed by atoms with E-state index in [0.717, 1.165) is 42.0 Å². The van der Waals surface area contributed by atoms with Crippen molar-refractivity contribution in [2.24, 2.45) is 5.92 Å². The zero-order chi connectivity index (χ0) is 23.5. The lowest BCUT2D eigenvalue weighted by Crippen LogP contribution is -2.39. The number of amides is 1. The normalized spacial score (nSPS) is 14.5. The molecule has 2 heterocycles. The van der Waals surface area contributed by atoms with Crippen LogP contribution in [0.15, 0.2) is 72.8 Å². The molecule has 5 rings (SSSR count). The molecule has 1 aromatic heterocycles. The van der Waals surface area contributed by atoms with E-state index in [-0.39, 0.29) is 5.91 Å². The van der Waals surface area contributed by atoms with Gasteiger partial charge in [0, 0.05) is 24.7 Å². The van der Waals surface area contributed by atoms with Gasteiger partial charge in [-0.15, -0.1) is 0 Å². The Morgan fingerprint density at radius 3 is 2.50 bits per heavy atom. The van der Waals surface area contributed by atoms with Crippen molar-refractivity contribution < 1.29 is 9.53 Å². The zero-order valence-corrected chi connectivity index (χ0v) is 20.2. The van der Waals surface area contributed by atoms with Gasteiger partial charge in [-0.05, 0) is 61.2 Å². The van der Waals surface area contributed by atoms with Crippen LogP contribution in [-0.2, 0) is 13.2 Å². The molecule has 0 aliphatic carbocycles. The summed E-state index contributed by atoms with van der Waals surface area (Å²) in [6, 6.07) is 23.0. The standard InChI is InChI=1S/C27H25Cl2N3O2/c28-20-10-11-23(29)22(16-20)27(33)31-14-12-19(13-15-31)17-32-25-9-5-4-8-24(25)30-26(32)18-34-21-6-2-1-3-7-21/h1-11,16,19H,12-15,17-18H2. The number of hydrogen-bond acceptors (Lipinski definition) is 3. The second-order valence-electron chi connectivity index (χ2n) is 8.59. The fourth-order valence-corrected chi connectivity index (χ4v) is 4.88. The molecule has 1 fully saturated rings. The van der Waals surface area contributed by atoms with Crippen LogP contribution in [0.5, 0.6) is 5.75 Å². The van der Waals surface area contributed by atoms with Crippen LogP contribution in [0.2, 0.25) is 10.0 Å². The molecular weight excluding hydrogens is 469 g/mol. The molecule has 5 nitrogen and oxygen atoms in total. The van der Waals surface area contributed by atoms with Crippen molar-refractivity contribution in [1.29, 1.82) is 0 Å². The van der Waals surface area contributed by atoms with E-state index in [1.807, 2.05) is 53.4 Å². The Labute approximate surface area is 208 Å². The molecule has 0 unspecified atom stereocenters. The number of piperidine rings is 1. The van der Waals surface area contributed by atoms with Crippen molar-refractivity contribution in [3.63, 3.8) is 0 Å². The SMILES string of the molecule is O=C(c1cc(Cl)ccc1Cl)N1CCC(Cn2c(COc3ccccc3)nc3ccccc32)CC1. The van der Waals surface area contributed by atoms with E-state index >= 15 is 0 Å². The summed E-state index contributed by atoms with van der Waals surface area (Å²) in [5.41, 5.74) is 2.55. The molecule has 1 aliphatic heterocycles. The summed E-state index contributed by atoms with van der Waals surface area (Å²) in [4.78, 5) is 19.7. The minimum Gasteiger partial charge on any atom is -0.486 e. The predicted molar refractivity (Wildman–Crippen MR) is 136 cm³/mol. The molecule has 1 saturated heterocycles. The van der Waals surface area contributed by atoms with Crippen molar-refractivity contribution in [1.82, 2.24) is 14.5 Å². The highest BCUT2D eigenvalue weighted by Crippen LogP contribution is 2.27. The number of nitrogens with zero attached hydrogens (tertiary/aromatic N) is 3. The van der Waals surface area contributed by atoms with E-state index in [4.69, 9.17) is 32.9 Å². The summed E-state index contributed by atoms with van der Waals surface area (Å²) in [7, 11) is 0. The lowest BCUT2D eigenvalue weighted by molar-refractivity contribution is 0.0682. The number of benzene rings is 3. The number of fused-ring (bicyclic) bond motifs is 1. The second kappa shape index (κ2) is 10.1. The van der Waals surface area contributed by atoms with Crippen LogP contribution in [0.3, 0.4) is 0 Å². The molecule has 0 saturated carbocycles. The average Bonchev–Trinajstić information content (AvgIpc) is 3.22. The number of carbonyl (C=O) groups excluding carboxylic acids is 1. The molecule has 0 N–H and O–H groups in total. The van der Waals surface area contributed by atoms with E-state index < -0.39 is 0 Å². The summed E-state index contributed by atoms with van der Waals surface area (Å²) in [6.07, 6.45) is 1.82. The number of rotatable bonds is 6. The third kappa shape index (κ3) is 4.91. The van der Waals surface area contributed by atoms with Gasteiger partial charge in [-0.1, -0.05) is 53.5 Å². The van der Waals surface area contributed by atoms with Crippen LogP contribution in [0.4, 0.5) is 0 Å². The molecule has 0 spiro atoms. The van der Waals surface area contributed by atoms with E-state index in [2.05, 4.69) is 10.6 Å². The number of imidazole rings is 1. The molecule has 174 valence electrons. The van der Waals surface area contributed by atoms with Crippen LogP contribution in [-0.4, -0.2) is 33.4 Å². The summed E-state index contributed by atoms with van der Waals surface area (Å²) in [5.74, 6) is 2.12. The first-order valence-corrected chi connectivity index (χ1v) is 12.2. The maximum Gasteiger partial charge on any atom is 0.255 e. The van der Waals surface area contributed by atoms with Gasteiger partial charge >= 0.3 is 0 Å². The third-order valence-corrected chi connectivity index (χ3v) is 6.91. The molecule has 0 bridgehead atoms. The maximum atomic E-state index is 13.0. The number of halogens is 2. The molecule has 4 aromatic rings. The van der Waals surface area contributed by atoms with Crippen LogP contribution >= 0.6 is 23.2 Å². The number of ether oxygens (including phenoxy) is 1. The number of likely N-dealkylation sites (tertiary alicyclic amines) is 1. The topological polar surface area (TPSA) is 47.4 Å². The number of para-hydroxylation sites is 3. The van der Waals surface area contributed by atoms with Crippen molar-refractivity contribution in [3.8, 4) is 5.75 Å². The van der Waals surface area contributed by atoms with Crippen LogP contribution in [0.1, 0.15) is 29.0 Å². The molecule has 34 heavy (non-hydrogen) atoms. The average molecular weight is 494 g/mol. The minimum absolute atomic E-state index is 0.0593. The van der Waals surface area contributed by atoms with Crippen molar-refractivity contribution in [3.05, 3.63) is 94.2 Å². The molecule has 1 amide bonds. The van der Waals surface area contributed by atoms with Gasteiger partial charge in [0.25, 0.3) is 5.91 Å². The summed E-state index contributed by atoms with van der Waals surface area (Å²) >= 11 is 12.3. The van der Waals surface area contributed by atoms with Crippen LogP contribution in [0, 0.1) is 5.92 Å². The largest absolute Gasteiger partial charge is 0.486 e. The lowest BCUT2D eigenvalue weighted by atomic mass is 9.96. The second-order valence-corrected chi connectivity index (χ2v) is 9.43. The third-order valence-electron chi connectivity index (χ3n) is 6.35. The Hall–Kier alpha value is -3.02. The highest BCUT2D eigenvalue weighted by molar-refractivity contribution is 6.35. The van der Waals surface area contributed by atoms with E-state index in [0.29, 0.717) is 41.2 Å². The Bertz CT molecular complexity index is 1300. The summed E-state index contributed by atoms with van der Waals surface area (Å²) < 4.78 is 8.28. The zero-order valence-electron chi connectivity index (χ0n) is 18.7. The van der Waals surface area contributed by atoms with Gasteiger partial charge in [-0.3, -0.25) is 4.79 Å². The fourth-order valence-electron chi connectivity index (χ4n) is 4.51. The van der Waals surface area contributed by atoms with Gasteiger partial charge in [-0.2, -0.15) is 0 Å². The molecule has 7 heteroatoms. The number of carbonyl (C=O) groups is 1.